The summed E-state index contributed by atoms with van der Waals surface area (Å²) in [6.45, 7) is 8.33. The van der Waals surface area contributed by atoms with Crippen LogP contribution in [0.4, 0.5) is 0 Å². The third-order valence-electron chi connectivity index (χ3n) is 3.63. The van der Waals surface area contributed by atoms with Crippen LogP contribution in [0.1, 0.15) is 35.7 Å². The molecule has 0 unspecified atom stereocenters. The maximum atomic E-state index is 5.62. The molecule has 2 rings (SSSR count). The van der Waals surface area contributed by atoms with Gasteiger partial charge in [-0.2, -0.15) is 0 Å². The summed E-state index contributed by atoms with van der Waals surface area (Å²) in [6.07, 6.45) is 1.15. The van der Waals surface area contributed by atoms with Crippen molar-refractivity contribution in [1.82, 2.24) is 15.6 Å². The molecule has 0 saturated heterocycles. The van der Waals surface area contributed by atoms with E-state index in [2.05, 4.69) is 50.3 Å². The number of thiazole rings is 1. The maximum absolute atomic E-state index is 5.62. The van der Waals surface area contributed by atoms with Crippen molar-refractivity contribution in [2.45, 2.75) is 46.4 Å². The van der Waals surface area contributed by atoms with Gasteiger partial charge in [0, 0.05) is 31.9 Å². The Hall–Kier alpha value is -1.92. The fraction of sp³-hybridized carbons (Fsp3) is 0.474. The Labute approximate surface area is 154 Å². The fourth-order valence-electron chi connectivity index (χ4n) is 2.25. The first-order chi connectivity index (χ1) is 12.1. The van der Waals surface area contributed by atoms with E-state index in [0.717, 1.165) is 36.2 Å². The largest absolute Gasteiger partial charge is 0.374 e. The van der Waals surface area contributed by atoms with Crippen molar-refractivity contribution < 1.29 is 4.74 Å². The summed E-state index contributed by atoms with van der Waals surface area (Å²) in [5.74, 6) is 0.805. The van der Waals surface area contributed by atoms with E-state index in [9.17, 15) is 0 Å². The summed E-state index contributed by atoms with van der Waals surface area (Å²) in [4.78, 5) is 8.73. The molecule has 2 aromatic rings. The zero-order valence-corrected chi connectivity index (χ0v) is 16.3. The number of hydrogen-bond acceptors (Lipinski definition) is 4. The average molecular weight is 361 g/mol. The maximum Gasteiger partial charge on any atom is 0.191 e. The molecule has 5 nitrogen and oxygen atoms in total. The Balaban J connectivity index is 1.72. The average Bonchev–Trinajstić information content (AvgIpc) is 3.02. The van der Waals surface area contributed by atoms with Crippen molar-refractivity contribution in [3.8, 4) is 0 Å². The van der Waals surface area contributed by atoms with E-state index < -0.39 is 0 Å². The number of aromatic nitrogens is 1. The smallest absolute Gasteiger partial charge is 0.191 e. The van der Waals surface area contributed by atoms with E-state index in [1.807, 2.05) is 20.8 Å². The third kappa shape index (κ3) is 7.23. The number of benzene rings is 1. The highest BCUT2D eigenvalue weighted by Gasteiger charge is 2.02. The molecule has 0 aliphatic heterocycles. The number of nitrogens with one attached hydrogen (secondary N) is 2. The van der Waals surface area contributed by atoms with Gasteiger partial charge in [-0.05, 0) is 31.9 Å². The first kappa shape index (κ1) is 19.4. The van der Waals surface area contributed by atoms with Crippen LogP contribution in [0.3, 0.4) is 0 Å². The summed E-state index contributed by atoms with van der Waals surface area (Å²) in [7, 11) is 1.79. The molecule has 1 aromatic heterocycles. The summed E-state index contributed by atoms with van der Waals surface area (Å²) < 4.78 is 5.62. The predicted octanol–water partition coefficient (Wildman–Crippen LogP) is 3.28. The van der Waals surface area contributed by atoms with Crippen LogP contribution in [0.2, 0.25) is 0 Å². The highest BCUT2D eigenvalue weighted by Crippen LogP contribution is 2.08. The van der Waals surface area contributed by atoms with Gasteiger partial charge in [0.25, 0.3) is 0 Å². The van der Waals surface area contributed by atoms with Gasteiger partial charge in [-0.15, -0.1) is 11.3 Å². The molecule has 0 bridgehead atoms. The van der Waals surface area contributed by atoms with Crippen molar-refractivity contribution >= 4 is 17.3 Å². The molecule has 0 fully saturated rings. The molecule has 0 aliphatic carbocycles. The molecule has 1 aromatic carbocycles. The van der Waals surface area contributed by atoms with Crippen molar-refractivity contribution in [1.29, 1.82) is 0 Å². The summed E-state index contributed by atoms with van der Waals surface area (Å²) in [5, 5.41) is 9.88. The molecule has 0 radical (unpaired) electrons. The first-order valence-electron chi connectivity index (χ1n) is 8.61. The van der Waals surface area contributed by atoms with Gasteiger partial charge in [0.1, 0.15) is 0 Å². The number of rotatable bonds is 8. The van der Waals surface area contributed by atoms with Crippen LogP contribution in [-0.2, 0) is 24.3 Å². The van der Waals surface area contributed by atoms with Gasteiger partial charge in [-0.25, -0.2) is 4.98 Å². The van der Waals surface area contributed by atoms with Gasteiger partial charge >= 0.3 is 0 Å². The second kappa shape index (κ2) is 10.2. The van der Waals surface area contributed by atoms with E-state index >= 15 is 0 Å². The highest BCUT2D eigenvalue weighted by atomic mass is 32.1. The van der Waals surface area contributed by atoms with Gasteiger partial charge in [0.2, 0.25) is 0 Å². The molecule has 25 heavy (non-hydrogen) atoms. The number of nitrogens with zero attached hydrogens (tertiary/aromatic N) is 2. The molecular formula is C19H28N4OS. The zero-order chi connectivity index (χ0) is 18.1. The number of hydrogen-bond donors (Lipinski definition) is 2. The van der Waals surface area contributed by atoms with Gasteiger partial charge in [-0.3, -0.25) is 4.99 Å². The van der Waals surface area contributed by atoms with Gasteiger partial charge in [0.15, 0.2) is 5.96 Å². The van der Waals surface area contributed by atoms with Crippen molar-refractivity contribution in [3.05, 3.63) is 51.5 Å². The SMILES string of the molecule is CN=C(NCCc1csc(C)n1)NCc1ccc(COC(C)C)cc1. The number of ether oxygens (including phenoxy) is 1. The van der Waals surface area contributed by atoms with Crippen LogP contribution in [0, 0.1) is 6.92 Å². The first-order valence-corrected chi connectivity index (χ1v) is 9.49. The lowest BCUT2D eigenvalue weighted by atomic mass is 10.1. The standard InChI is InChI=1S/C19H28N4OS/c1-14(2)24-12-17-7-5-16(6-8-17)11-22-19(20-4)21-10-9-18-13-25-15(3)23-18/h5-8,13-14H,9-12H2,1-4H3,(H2,20,21,22). The molecule has 6 heteroatoms. The van der Waals surface area contributed by atoms with Crippen LogP contribution in [0.25, 0.3) is 0 Å². The molecule has 0 amide bonds. The van der Waals surface area contributed by atoms with Crippen LogP contribution in [0.15, 0.2) is 34.6 Å². The zero-order valence-electron chi connectivity index (χ0n) is 15.5. The monoisotopic (exact) mass is 360 g/mol. The molecule has 2 N–H and O–H groups in total. The molecular weight excluding hydrogens is 332 g/mol. The topological polar surface area (TPSA) is 58.5 Å². The number of aryl methyl sites for hydroxylation is 1. The Kier molecular flexibility index (Phi) is 7.88. The third-order valence-corrected chi connectivity index (χ3v) is 4.45. The molecule has 0 saturated carbocycles. The Morgan fingerprint density at radius 1 is 1.20 bits per heavy atom. The number of guanidine groups is 1. The van der Waals surface area contributed by atoms with Crippen LogP contribution >= 0.6 is 11.3 Å². The van der Waals surface area contributed by atoms with Crippen LogP contribution < -0.4 is 10.6 Å². The lowest BCUT2D eigenvalue weighted by Crippen LogP contribution is -2.37. The lowest BCUT2D eigenvalue weighted by molar-refractivity contribution is 0.0657. The quantitative estimate of drug-likeness (QED) is 0.560. The second-order valence-electron chi connectivity index (χ2n) is 6.14. The van der Waals surface area contributed by atoms with Gasteiger partial charge < -0.3 is 15.4 Å². The van der Waals surface area contributed by atoms with E-state index in [1.54, 1.807) is 18.4 Å². The molecule has 1 heterocycles. The fourth-order valence-corrected chi connectivity index (χ4v) is 2.90. The number of aliphatic imine (C=N–C) groups is 1. The Bertz CT molecular complexity index is 664. The van der Waals surface area contributed by atoms with Gasteiger partial charge in [0.05, 0.1) is 23.4 Å². The van der Waals surface area contributed by atoms with Crippen molar-refractivity contribution in [3.63, 3.8) is 0 Å². The minimum Gasteiger partial charge on any atom is -0.374 e. The summed E-state index contributed by atoms with van der Waals surface area (Å²) in [6, 6.07) is 8.47. The molecule has 0 spiro atoms. The normalized spacial score (nSPS) is 11.8. The summed E-state index contributed by atoms with van der Waals surface area (Å²) in [5.41, 5.74) is 3.54. The second-order valence-corrected chi connectivity index (χ2v) is 7.20. The van der Waals surface area contributed by atoms with E-state index in [4.69, 9.17) is 4.74 Å². The minimum atomic E-state index is 0.254. The Morgan fingerprint density at radius 3 is 2.52 bits per heavy atom. The van der Waals surface area contributed by atoms with E-state index in [1.165, 1.54) is 11.1 Å². The minimum absolute atomic E-state index is 0.254. The predicted molar refractivity (Wildman–Crippen MR) is 105 cm³/mol. The molecule has 0 aliphatic rings. The van der Waals surface area contributed by atoms with Crippen LogP contribution in [0.5, 0.6) is 0 Å². The summed E-state index contributed by atoms with van der Waals surface area (Å²) >= 11 is 1.69. The lowest BCUT2D eigenvalue weighted by Gasteiger charge is -2.12. The van der Waals surface area contributed by atoms with Crippen LogP contribution in [-0.4, -0.2) is 30.6 Å². The highest BCUT2D eigenvalue weighted by molar-refractivity contribution is 7.09. The molecule has 0 atom stereocenters. The van der Waals surface area contributed by atoms with Gasteiger partial charge in [-0.1, -0.05) is 24.3 Å². The molecule has 136 valence electrons. The van der Waals surface area contributed by atoms with E-state index in [0.29, 0.717) is 6.61 Å². The van der Waals surface area contributed by atoms with Crippen molar-refractivity contribution in [2.24, 2.45) is 4.99 Å². The van der Waals surface area contributed by atoms with Crippen molar-refractivity contribution in [2.75, 3.05) is 13.6 Å². The Morgan fingerprint density at radius 2 is 1.92 bits per heavy atom. The van der Waals surface area contributed by atoms with E-state index in [-0.39, 0.29) is 6.10 Å².